The number of rotatable bonds is 8. The van der Waals surface area contributed by atoms with E-state index in [1.807, 2.05) is 41.5 Å². The summed E-state index contributed by atoms with van der Waals surface area (Å²) in [4.78, 5) is 23.1. The molecule has 1 aliphatic heterocycles. The normalized spacial score (nSPS) is 18.8. The van der Waals surface area contributed by atoms with Gasteiger partial charge in [-0.1, -0.05) is 47.5 Å². The molecule has 2 rings (SSSR count). The number of ether oxygens (including phenoxy) is 3. The first-order valence-corrected chi connectivity index (χ1v) is 12.4. The lowest BCUT2D eigenvalue weighted by Crippen LogP contribution is -2.31. The lowest BCUT2D eigenvalue weighted by molar-refractivity contribution is -0.161. The molecule has 5 nitrogen and oxygen atoms in total. The van der Waals surface area contributed by atoms with E-state index in [0.29, 0.717) is 6.61 Å². The van der Waals surface area contributed by atoms with Gasteiger partial charge >= 0.3 is 11.9 Å². The van der Waals surface area contributed by atoms with Gasteiger partial charge in [0.1, 0.15) is 18.8 Å². The lowest BCUT2D eigenvalue weighted by Gasteiger charge is -2.27. The van der Waals surface area contributed by atoms with Crippen molar-refractivity contribution in [1.82, 2.24) is 0 Å². The molecule has 0 spiro atoms. The Balaban J connectivity index is 0.000000483. The van der Waals surface area contributed by atoms with Crippen LogP contribution in [0.2, 0.25) is 0 Å². The van der Waals surface area contributed by atoms with Crippen LogP contribution < -0.4 is 0 Å². The second-order valence-corrected chi connectivity index (χ2v) is 10.5. The van der Waals surface area contributed by atoms with Crippen LogP contribution in [0, 0.1) is 16.7 Å². The van der Waals surface area contributed by atoms with Crippen molar-refractivity contribution in [1.29, 1.82) is 0 Å². The van der Waals surface area contributed by atoms with Crippen LogP contribution in [-0.2, 0) is 23.8 Å². The van der Waals surface area contributed by atoms with Crippen molar-refractivity contribution in [3.63, 3.8) is 0 Å². The molecule has 0 amide bonds. The van der Waals surface area contributed by atoms with E-state index >= 15 is 0 Å². The molecule has 0 aromatic heterocycles. The van der Waals surface area contributed by atoms with Crippen LogP contribution in [0.15, 0.2) is 0 Å². The molecule has 1 unspecified atom stereocenters. The lowest BCUT2D eigenvalue weighted by atomic mass is 9.90. The van der Waals surface area contributed by atoms with Gasteiger partial charge < -0.3 is 14.2 Å². The molecule has 1 saturated carbocycles. The molecule has 2 fully saturated rings. The Morgan fingerprint density at radius 3 is 1.74 bits per heavy atom. The summed E-state index contributed by atoms with van der Waals surface area (Å²) in [6, 6.07) is 0. The van der Waals surface area contributed by atoms with Gasteiger partial charge in [-0.2, -0.15) is 0 Å². The molecule has 1 saturated heterocycles. The minimum Gasteiger partial charge on any atom is -0.462 e. The molecule has 0 radical (unpaired) electrons. The van der Waals surface area contributed by atoms with Crippen LogP contribution in [0.3, 0.4) is 0 Å². The number of hydrogen-bond acceptors (Lipinski definition) is 5. The number of esters is 2. The van der Waals surface area contributed by atoms with Gasteiger partial charge in [0.15, 0.2) is 0 Å². The highest BCUT2D eigenvalue weighted by atomic mass is 16.6. The fourth-order valence-electron chi connectivity index (χ4n) is 2.31. The van der Waals surface area contributed by atoms with Gasteiger partial charge in [-0.3, -0.25) is 9.59 Å². The Kier molecular flexibility index (Phi) is 14.3. The van der Waals surface area contributed by atoms with Gasteiger partial charge in [-0.05, 0) is 72.1 Å². The number of hydrogen-bond donors (Lipinski definition) is 0. The van der Waals surface area contributed by atoms with Gasteiger partial charge in [-0.15, -0.1) is 0 Å². The van der Waals surface area contributed by atoms with Crippen LogP contribution in [0.25, 0.3) is 0 Å². The third kappa shape index (κ3) is 13.8. The Labute approximate surface area is 192 Å². The van der Waals surface area contributed by atoms with Gasteiger partial charge in [0.25, 0.3) is 0 Å². The Bertz CT molecular complexity index is 500. The van der Waals surface area contributed by atoms with Crippen LogP contribution in [-0.4, -0.2) is 37.4 Å². The van der Waals surface area contributed by atoms with Crippen molar-refractivity contribution in [3.8, 4) is 0 Å². The molecule has 1 heterocycles. The van der Waals surface area contributed by atoms with E-state index in [9.17, 15) is 9.59 Å². The van der Waals surface area contributed by atoms with E-state index < -0.39 is 0 Å². The zero-order valence-electron chi connectivity index (χ0n) is 21.8. The third-order valence-electron chi connectivity index (χ3n) is 6.32. The van der Waals surface area contributed by atoms with Crippen molar-refractivity contribution in [3.05, 3.63) is 0 Å². The molecule has 2 aliphatic rings. The highest BCUT2D eigenvalue weighted by molar-refractivity contribution is 5.76. The highest BCUT2D eigenvalue weighted by Gasteiger charge is 2.31. The van der Waals surface area contributed by atoms with Crippen molar-refractivity contribution in [2.24, 2.45) is 16.7 Å². The van der Waals surface area contributed by atoms with Gasteiger partial charge in [0, 0.05) is 0 Å². The summed E-state index contributed by atoms with van der Waals surface area (Å²) >= 11 is 0. The van der Waals surface area contributed by atoms with E-state index in [4.69, 9.17) is 14.2 Å². The monoisotopic (exact) mass is 442 g/mol. The zero-order chi connectivity index (χ0) is 24.1. The van der Waals surface area contributed by atoms with Crippen molar-refractivity contribution < 1.29 is 23.8 Å². The largest absolute Gasteiger partial charge is 0.462 e. The second kappa shape index (κ2) is 14.9. The quantitative estimate of drug-likeness (QED) is 0.308. The number of carbonyl (C=O) groups is 2. The molecule has 0 bridgehead atoms. The predicted molar refractivity (Wildman–Crippen MR) is 127 cm³/mol. The summed E-state index contributed by atoms with van der Waals surface area (Å²) in [5.41, 5.74) is -0.660. The minimum atomic E-state index is -0.352. The van der Waals surface area contributed by atoms with Crippen LogP contribution in [0.4, 0.5) is 0 Å². The molecule has 0 aromatic rings. The molecule has 1 atom stereocenters. The van der Waals surface area contributed by atoms with E-state index in [1.165, 1.54) is 25.7 Å². The van der Waals surface area contributed by atoms with Crippen LogP contribution in [0.1, 0.15) is 114 Å². The second-order valence-electron chi connectivity index (χ2n) is 10.5. The topological polar surface area (TPSA) is 65.1 Å². The highest BCUT2D eigenvalue weighted by Crippen LogP contribution is 2.26. The van der Waals surface area contributed by atoms with Crippen molar-refractivity contribution in [2.75, 3.05) is 13.2 Å². The Morgan fingerprint density at radius 2 is 1.35 bits per heavy atom. The molecule has 31 heavy (non-hydrogen) atoms. The predicted octanol–water partition coefficient (Wildman–Crippen LogP) is 6.72. The standard InChI is InChI=1S/C12H22O2.C9H16O3.C5H12/c1-4-12(2,3)11(13)14-10-8-6-5-7-9-10;1-4-9(2,3)8(10)12-6-7-5-11-7;1-4-5(2)3/h10H,4-9H2,1-3H3;7H,4-6H2,1-3H3;5H,4H2,1-3H3. The molecular formula is C26H50O5. The summed E-state index contributed by atoms with van der Waals surface area (Å²) in [6.45, 7) is 19.5. The smallest absolute Gasteiger partial charge is 0.311 e. The zero-order valence-corrected chi connectivity index (χ0v) is 21.8. The van der Waals surface area contributed by atoms with Gasteiger partial charge in [0.05, 0.1) is 17.4 Å². The molecule has 1 aliphatic carbocycles. The summed E-state index contributed by atoms with van der Waals surface area (Å²) in [5, 5.41) is 0. The first-order valence-electron chi connectivity index (χ1n) is 12.4. The molecule has 0 aromatic carbocycles. The molecule has 0 N–H and O–H groups in total. The fraction of sp³-hybridized carbons (Fsp3) is 0.923. The number of carbonyl (C=O) groups excluding carboxylic acids is 2. The fourth-order valence-corrected chi connectivity index (χ4v) is 2.31. The Hall–Kier alpha value is -1.10. The summed E-state index contributed by atoms with van der Waals surface area (Å²) in [6.07, 6.45) is 9.16. The van der Waals surface area contributed by atoms with E-state index in [1.54, 1.807) is 0 Å². The summed E-state index contributed by atoms with van der Waals surface area (Å²) in [7, 11) is 0. The van der Waals surface area contributed by atoms with Crippen LogP contribution in [0.5, 0.6) is 0 Å². The summed E-state index contributed by atoms with van der Waals surface area (Å²) < 4.78 is 15.5. The molecular weight excluding hydrogens is 392 g/mol. The average Bonchev–Trinajstić information content (AvgIpc) is 3.58. The number of epoxide rings is 1. The maximum absolute atomic E-state index is 11.7. The van der Waals surface area contributed by atoms with E-state index in [-0.39, 0.29) is 35.0 Å². The maximum atomic E-state index is 11.7. The molecule has 5 heteroatoms. The Morgan fingerprint density at radius 1 is 0.903 bits per heavy atom. The minimum absolute atomic E-state index is 0.0214. The van der Waals surface area contributed by atoms with E-state index in [0.717, 1.165) is 38.2 Å². The van der Waals surface area contributed by atoms with Crippen LogP contribution >= 0.6 is 0 Å². The maximum Gasteiger partial charge on any atom is 0.311 e. The molecule has 184 valence electrons. The summed E-state index contributed by atoms with van der Waals surface area (Å²) in [5.74, 6) is 0.738. The third-order valence-corrected chi connectivity index (χ3v) is 6.32. The van der Waals surface area contributed by atoms with Crippen molar-refractivity contribution >= 4 is 11.9 Å². The van der Waals surface area contributed by atoms with Gasteiger partial charge in [0.2, 0.25) is 0 Å². The van der Waals surface area contributed by atoms with Gasteiger partial charge in [-0.25, -0.2) is 0 Å². The van der Waals surface area contributed by atoms with Crippen molar-refractivity contribution in [2.45, 2.75) is 126 Å². The van der Waals surface area contributed by atoms with E-state index in [2.05, 4.69) is 20.8 Å². The SMILES string of the molecule is CCC(C)(C)C(=O)OC1CCCCC1.CCC(C)(C)C(=O)OCC1CO1.CCC(C)C. The first kappa shape index (κ1) is 29.9. The first-order chi connectivity index (χ1) is 14.4. The average molecular weight is 443 g/mol.